The van der Waals surface area contributed by atoms with Crippen molar-refractivity contribution < 1.29 is 0 Å². The van der Waals surface area contributed by atoms with Crippen molar-refractivity contribution in [3.05, 3.63) is 254 Å². The first-order valence-corrected chi connectivity index (χ1v) is 28.0. The van der Waals surface area contributed by atoms with Gasteiger partial charge in [-0.05, 0) is 83.8 Å². The van der Waals surface area contributed by atoms with Gasteiger partial charge in [0.15, 0.2) is 37.2 Å². The molecule has 0 atom stereocenters. The molecular weight excluding hydrogens is 973 g/mol. The van der Waals surface area contributed by atoms with Crippen LogP contribution in [-0.2, 0) is 0 Å². The van der Waals surface area contributed by atoms with Gasteiger partial charge in [0.05, 0.1) is 16.7 Å². The molecular formula is C67H50N10Si. The lowest BCUT2D eigenvalue weighted by molar-refractivity contribution is 0.928. The van der Waals surface area contributed by atoms with Crippen molar-refractivity contribution in [2.24, 2.45) is 0 Å². The van der Waals surface area contributed by atoms with Gasteiger partial charge < -0.3 is 4.57 Å². The lowest BCUT2D eigenvalue weighted by Crippen LogP contribution is -2.74. The molecule has 78 heavy (non-hydrogen) atoms. The first kappa shape index (κ1) is 47.7. The highest BCUT2D eigenvalue weighted by molar-refractivity contribution is 7.19. The molecule has 0 spiro atoms. The van der Waals surface area contributed by atoms with E-state index in [0.717, 1.165) is 66.4 Å². The molecule has 11 heteroatoms. The third-order valence-electron chi connectivity index (χ3n) is 14.4. The largest absolute Gasteiger partial charge is 0.308 e. The quantitative estimate of drug-likeness (QED) is 0.0921. The summed E-state index contributed by atoms with van der Waals surface area (Å²) in [7, 11) is -2.90. The molecule has 0 aliphatic heterocycles. The van der Waals surface area contributed by atoms with Crippen LogP contribution >= 0.6 is 0 Å². The zero-order chi connectivity index (χ0) is 52.7. The number of hydrogen-bond acceptors (Lipinski definition) is 9. The number of benzene rings is 9. The van der Waals surface area contributed by atoms with Gasteiger partial charge in [0.1, 0.15) is 23.3 Å². The normalized spacial score (nSPS) is 11.6. The number of nitrogens with zero attached hydrogens (tertiary/aromatic N) is 10. The summed E-state index contributed by atoms with van der Waals surface area (Å²) in [5.41, 5.74) is 9.11. The molecule has 13 aromatic rings. The monoisotopic (exact) mass is 1020 g/mol. The standard InChI is InChI=1S/C67H50N10Si/c1-43-68-44(2)71-65(70-43)51-34-36-57-58-37-35-52(66-72-45(3)69-46(4)73-66)42-61(58)77(60(57)41-51)62-40-50(33-38-59(62)67-75-63(47-21-10-5-11-22-47)74-64(76-67)48-23-12-6-13-24-48)49-25-20-32-56(39-49)78(53-26-14-7-15-27-53,54-28-16-8-17-29-54)55-30-18-9-19-31-55/h5-42H,1-4H3. The molecule has 0 aliphatic rings. The van der Waals surface area contributed by atoms with Crippen LogP contribution in [0.2, 0.25) is 0 Å². The van der Waals surface area contributed by atoms with E-state index in [0.29, 0.717) is 52.4 Å². The van der Waals surface area contributed by atoms with E-state index in [4.69, 9.17) is 34.9 Å². The molecule has 0 amide bonds. The Morgan fingerprint density at radius 1 is 0.269 bits per heavy atom. The second-order valence-electron chi connectivity index (χ2n) is 19.5. The fraction of sp³-hybridized carbons (Fsp3) is 0.0597. The lowest BCUT2D eigenvalue weighted by atomic mass is 10.0. The zero-order valence-electron chi connectivity index (χ0n) is 43.4. The van der Waals surface area contributed by atoms with Crippen molar-refractivity contribution in [1.29, 1.82) is 0 Å². The van der Waals surface area contributed by atoms with Crippen LogP contribution < -0.4 is 20.7 Å². The van der Waals surface area contributed by atoms with Gasteiger partial charge in [-0.2, -0.15) is 0 Å². The molecule has 9 aromatic carbocycles. The van der Waals surface area contributed by atoms with E-state index in [2.05, 4.69) is 184 Å². The van der Waals surface area contributed by atoms with Gasteiger partial charge in [-0.15, -0.1) is 0 Å². The minimum atomic E-state index is -2.90. The minimum absolute atomic E-state index is 0.524. The molecule has 0 saturated heterocycles. The van der Waals surface area contributed by atoms with E-state index in [1.54, 1.807) is 0 Å². The van der Waals surface area contributed by atoms with Crippen LogP contribution in [0, 0.1) is 27.7 Å². The first-order valence-electron chi connectivity index (χ1n) is 26.0. The Kier molecular flexibility index (Phi) is 12.2. The molecule has 0 aliphatic carbocycles. The van der Waals surface area contributed by atoms with E-state index >= 15 is 0 Å². The number of fused-ring (bicyclic) bond motifs is 3. The molecule has 0 saturated carbocycles. The van der Waals surface area contributed by atoms with E-state index in [1.807, 2.05) is 88.4 Å². The van der Waals surface area contributed by atoms with Crippen LogP contribution in [0.15, 0.2) is 231 Å². The van der Waals surface area contributed by atoms with Crippen molar-refractivity contribution in [3.8, 4) is 73.8 Å². The van der Waals surface area contributed by atoms with E-state index in [1.165, 1.54) is 20.7 Å². The molecule has 0 unspecified atom stereocenters. The topological polar surface area (TPSA) is 121 Å². The first-order chi connectivity index (χ1) is 38.3. The molecule has 372 valence electrons. The Hall–Kier alpha value is -9.97. The summed E-state index contributed by atoms with van der Waals surface area (Å²) in [6.45, 7) is 7.61. The molecule has 0 bridgehead atoms. The average molecular weight is 1020 g/mol. The predicted molar refractivity (Wildman–Crippen MR) is 316 cm³/mol. The maximum Gasteiger partial charge on any atom is 0.179 e. The summed E-state index contributed by atoms with van der Waals surface area (Å²) in [5.74, 6) is 5.47. The third kappa shape index (κ3) is 8.71. The lowest BCUT2D eigenvalue weighted by Gasteiger charge is -2.34. The second-order valence-corrected chi connectivity index (χ2v) is 23.3. The predicted octanol–water partition coefficient (Wildman–Crippen LogP) is 12.0. The minimum Gasteiger partial charge on any atom is -0.308 e. The summed E-state index contributed by atoms with van der Waals surface area (Å²) in [4.78, 5) is 44.3. The van der Waals surface area contributed by atoms with Crippen molar-refractivity contribution in [1.82, 2.24) is 49.4 Å². The average Bonchev–Trinajstić information content (AvgIpc) is 4.04. The van der Waals surface area contributed by atoms with Crippen LogP contribution in [0.4, 0.5) is 0 Å². The number of hydrogen-bond donors (Lipinski definition) is 0. The summed E-state index contributed by atoms with van der Waals surface area (Å²) in [6, 6.07) is 82.2. The highest BCUT2D eigenvalue weighted by atomic mass is 28.3. The van der Waals surface area contributed by atoms with Crippen molar-refractivity contribution in [3.63, 3.8) is 0 Å². The van der Waals surface area contributed by atoms with Crippen molar-refractivity contribution in [2.75, 3.05) is 0 Å². The Balaban J connectivity index is 1.12. The van der Waals surface area contributed by atoms with Gasteiger partial charge in [0.25, 0.3) is 0 Å². The molecule has 4 heterocycles. The summed E-state index contributed by atoms with van der Waals surface area (Å²) in [5, 5.41) is 7.26. The second kappa shape index (κ2) is 19.9. The summed E-state index contributed by atoms with van der Waals surface area (Å²) in [6.07, 6.45) is 0. The zero-order valence-corrected chi connectivity index (χ0v) is 44.4. The Bertz CT molecular complexity index is 4060. The molecule has 0 radical (unpaired) electrons. The van der Waals surface area contributed by atoms with Gasteiger partial charge in [0.2, 0.25) is 0 Å². The number of aromatic nitrogens is 10. The Morgan fingerprint density at radius 3 is 1.08 bits per heavy atom. The van der Waals surface area contributed by atoms with Crippen LogP contribution in [0.1, 0.15) is 23.3 Å². The third-order valence-corrected chi connectivity index (χ3v) is 19.2. The van der Waals surface area contributed by atoms with Crippen LogP contribution in [0.3, 0.4) is 0 Å². The van der Waals surface area contributed by atoms with E-state index in [-0.39, 0.29) is 0 Å². The summed E-state index contributed by atoms with van der Waals surface area (Å²) >= 11 is 0. The van der Waals surface area contributed by atoms with E-state index < -0.39 is 8.07 Å². The van der Waals surface area contributed by atoms with Gasteiger partial charge in [-0.25, -0.2) is 44.9 Å². The fourth-order valence-electron chi connectivity index (χ4n) is 11.1. The molecule has 10 nitrogen and oxygen atoms in total. The molecule has 13 rings (SSSR count). The molecule has 0 N–H and O–H groups in total. The van der Waals surface area contributed by atoms with Crippen molar-refractivity contribution >= 4 is 50.6 Å². The van der Waals surface area contributed by atoms with Crippen LogP contribution in [0.5, 0.6) is 0 Å². The Labute approximate surface area is 453 Å². The maximum atomic E-state index is 5.36. The van der Waals surface area contributed by atoms with Crippen molar-refractivity contribution in [2.45, 2.75) is 27.7 Å². The summed E-state index contributed by atoms with van der Waals surface area (Å²) < 4.78 is 2.34. The van der Waals surface area contributed by atoms with Gasteiger partial charge in [-0.1, -0.05) is 206 Å². The highest BCUT2D eigenvalue weighted by Crippen LogP contribution is 2.41. The van der Waals surface area contributed by atoms with Gasteiger partial charge in [0, 0.05) is 38.6 Å². The molecule has 4 aromatic heterocycles. The maximum absolute atomic E-state index is 5.36. The highest BCUT2D eigenvalue weighted by Gasteiger charge is 2.41. The number of aryl methyl sites for hydroxylation is 4. The number of rotatable bonds is 11. The SMILES string of the molecule is Cc1nc(C)nc(-c2ccc3c4ccc(-c5nc(C)nc(C)n5)cc4n(-c4cc(-c5cccc([Si](c6ccccc6)(c6ccccc6)c6ccccc6)c5)ccc4-c4nc(-c5ccccc5)nc(-c5ccccc5)n4)c3c2)n1. The van der Waals surface area contributed by atoms with Gasteiger partial charge >= 0.3 is 0 Å². The van der Waals surface area contributed by atoms with E-state index in [9.17, 15) is 0 Å². The Morgan fingerprint density at radius 2 is 0.628 bits per heavy atom. The van der Waals surface area contributed by atoms with Crippen LogP contribution in [0.25, 0.3) is 95.6 Å². The smallest absolute Gasteiger partial charge is 0.179 e. The van der Waals surface area contributed by atoms with Crippen LogP contribution in [-0.4, -0.2) is 57.5 Å². The van der Waals surface area contributed by atoms with Gasteiger partial charge in [-0.3, -0.25) is 0 Å². The fourth-order valence-corrected chi connectivity index (χ4v) is 15.9. The molecule has 0 fully saturated rings.